The number of fused-ring (bicyclic) bond motifs is 1. The molecule has 0 saturated carbocycles. The molecule has 1 aromatic carbocycles. The van der Waals surface area contributed by atoms with Crippen LogP contribution in [0.15, 0.2) is 47.1 Å². The van der Waals surface area contributed by atoms with Crippen molar-refractivity contribution in [2.75, 3.05) is 0 Å². The fourth-order valence-electron chi connectivity index (χ4n) is 2.67. The predicted octanol–water partition coefficient (Wildman–Crippen LogP) is 2.88. The number of pyridine rings is 1. The number of allylic oxidation sites excluding steroid dienone is 1. The molecule has 21 heavy (non-hydrogen) atoms. The molecule has 102 valence electrons. The van der Waals surface area contributed by atoms with Gasteiger partial charge in [-0.25, -0.2) is 4.98 Å². The van der Waals surface area contributed by atoms with Gasteiger partial charge >= 0.3 is 0 Å². The van der Waals surface area contributed by atoms with E-state index >= 15 is 0 Å². The minimum atomic E-state index is -0.0904. The number of benzene rings is 1. The van der Waals surface area contributed by atoms with Crippen molar-refractivity contribution in [3.63, 3.8) is 0 Å². The number of nitrogens with one attached hydrogen (secondary N) is 1. The lowest BCUT2D eigenvalue weighted by molar-refractivity contribution is 0.975. The van der Waals surface area contributed by atoms with Gasteiger partial charge in [-0.2, -0.15) is 0 Å². The van der Waals surface area contributed by atoms with Gasteiger partial charge in [-0.1, -0.05) is 0 Å². The number of rotatable bonds is 2. The van der Waals surface area contributed by atoms with E-state index in [1.807, 2.05) is 32.2 Å². The van der Waals surface area contributed by atoms with Gasteiger partial charge in [-0.3, -0.25) is 4.79 Å². The predicted molar refractivity (Wildman–Crippen MR) is 82.7 cm³/mol. The normalized spacial score (nSPS) is 12.8. The van der Waals surface area contributed by atoms with Crippen molar-refractivity contribution < 1.29 is 0 Å². The van der Waals surface area contributed by atoms with E-state index in [9.17, 15) is 4.79 Å². The summed E-state index contributed by atoms with van der Waals surface area (Å²) in [6, 6.07) is 7.53. The van der Waals surface area contributed by atoms with Crippen LogP contribution < -0.4 is 5.56 Å². The Balaban J connectivity index is 2.03. The van der Waals surface area contributed by atoms with Crippen molar-refractivity contribution in [1.29, 1.82) is 0 Å². The molecule has 4 nitrogen and oxygen atoms in total. The lowest BCUT2D eigenvalue weighted by Crippen LogP contribution is -2.05. The van der Waals surface area contributed by atoms with E-state index in [0.717, 1.165) is 39.2 Å². The molecule has 2 aromatic heterocycles. The summed E-state index contributed by atoms with van der Waals surface area (Å²) in [7, 11) is 0. The molecule has 0 unspecified atom stereocenters. The number of hydrogen-bond donors (Lipinski definition) is 1. The average Bonchev–Trinajstić information content (AvgIpc) is 3.23. The van der Waals surface area contributed by atoms with Gasteiger partial charge < -0.3 is 9.55 Å². The van der Waals surface area contributed by atoms with Crippen molar-refractivity contribution in [2.24, 2.45) is 0 Å². The molecular weight excluding hydrogens is 262 g/mol. The molecule has 0 saturated heterocycles. The Labute approximate surface area is 121 Å². The molecule has 0 fully saturated rings. The standard InChI is InChI=1S/C17H13N3O/c1-10-9-20(11(2)18-10)14-7-13-5-6-16(21)19-17(13)15(8-14)12-3-4-12/h3,5-9H,1-2H3,(H,19,21). The van der Waals surface area contributed by atoms with Crippen molar-refractivity contribution >= 4 is 16.5 Å². The van der Waals surface area contributed by atoms with Gasteiger partial charge in [-0.05, 0) is 38.1 Å². The van der Waals surface area contributed by atoms with Gasteiger partial charge in [0.25, 0.3) is 0 Å². The number of H-pyrrole nitrogens is 1. The lowest BCUT2D eigenvalue weighted by atomic mass is 10.1. The van der Waals surface area contributed by atoms with E-state index in [4.69, 9.17) is 0 Å². The summed E-state index contributed by atoms with van der Waals surface area (Å²) in [5.41, 5.74) is 7.94. The van der Waals surface area contributed by atoms with Crippen molar-refractivity contribution in [3.05, 3.63) is 69.7 Å². The van der Waals surface area contributed by atoms with Crippen LogP contribution in [0.1, 0.15) is 17.1 Å². The molecular formula is C17H13N3O. The first-order chi connectivity index (χ1) is 10.1. The molecule has 2 heterocycles. The highest BCUT2D eigenvalue weighted by Crippen LogP contribution is 2.31. The van der Waals surface area contributed by atoms with Crippen molar-refractivity contribution in [3.8, 4) is 5.69 Å². The second-order valence-corrected chi connectivity index (χ2v) is 5.28. The Hall–Kier alpha value is -2.84. The molecule has 1 aliphatic carbocycles. The fraction of sp³-hybridized carbons (Fsp3) is 0.118. The second kappa shape index (κ2) is 4.08. The largest absolute Gasteiger partial charge is 0.321 e. The Morgan fingerprint density at radius 2 is 2.05 bits per heavy atom. The number of aromatic nitrogens is 3. The molecule has 0 atom stereocenters. The number of imidazole rings is 1. The smallest absolute Gasteiger partial charge is 0.248 e. The number of aromatic amines is 1. The number of aryl methyl sites for hydroxylation is 2. The van der Waals surface area contributed by atoms with Gasteiger partial charge in [0.05, 0.1) is 11.2 Å². The van der Waals surface area contributed by atoms with E-state index in [0.29, 0.717) is 0 Å². The zero-order valence-corrected chi connectivity index (χ0v) is 11.8. The lowest BCUT2D eigenvalue weighted by Gasteiger charge is -2.10. The van der Waals surface area contributed by atoms with Gasteiger partial charge in [0, 0.05) is 34.5 Å². The van der Waals surface area contributed by atoms with Crippen LogP contribution >= 0.6 is 0 Å². The van der Waals surface area contributed by atoms with Gasteiger partial charge in [-0.15, -0.1) is 5.73 Å². The minimum Gasteiger partial charge on any atom is -0.321 e. The average molecular weight is 275 g/mol. The SMILES string of the molecule is Cc1cn(-c2cc(C3=C=C3)c3[nH]c(=O)ccc3c2)c(C)n1. The maximum atomic E-state index is 11.6. The maximum absolute atomic E-state index is 11.6. The Kier molecular flexibility index (Phi) is 2.32. The van der Waals surface area contributed by atoms with E-state index in [-0.39, 0.29) is 5.56 Å². The number of hydrogen-bond acceptors (Lipinski definition) is 2. The van der Waals surface area contributed by atoms with Gasteiger partial charge in [0.2, 0.25) is 5.56 Å². The zero-order chi connectivity index (χ0) is 14.6. The third-order valence-electron chi connectivity index (χ3n) is 3.68. The monoisotopic (exact) mass is 275 g/mol. The summed E-state index contributed by atoms with van der Waals surface area (Å²) < 4.78 is 2.06. The summed E-state index contributed by atoms with van der Waals surface area (Å²) in [5, 5.41) is 1.00. The third kappa shape index (κ3) is 1.93. The maximum Gasteiger partial charge on any atom is 0.248 e. The van der Waals surface area contributed by atoms with E-state index in [2.05, 4.69) is 32.4 Å². The first-order valence-electron chi connectivity index (χ1n) is 6.79. The topological polar surface area (TPSA) is 50.7 Å². The Morgan fingerprint density at radius 3 is 2.71 bits per heavy atom. The molecule has 4 rings (SSSR count). The first-order valence-corrected chi connectivity index (χ1v) is 6.79. The molecule has 0 radical (unpaired) electrons. The van der Waals surface area contributed by atoms with Crippen LogP contribution in [0.2, 0.25) is 0 Å². The summed E-state index contributed by atoms with van der Waals surface area (Å²) in [6.07, 6.45) is 3.94. The van der Waals surface area contributed by atoms with Crippen LogP contribution in [0.25, 0.3) is 22.2 Å². The van der Waals surface area contributed by atoms with Crippen LogP contribution in [0.3, 0.4) is 0 Å². The highest BCUT2D eigenvalue weighted by atomic mass is 16.1. The van der Waals surface area contributed by atoms with E-state index in [1.54, 1.807) is 6.07 Å². The highest BCUT2D eigenvalue weighted by Gasteiger charge is 2.14. The zero-order valence-electron chi connectivity index (χ0n) is 11.8. The number of nitrogens with zero attached hydrogens (tertiary/aromatic N) is 2. The van der Waals surface area contributed by atoms with Crippen LogP contribution in [-0.2, 0) is 0 Å². The second-order valence-electron chi connectivity index (χ2n) is 5.28. The van der Waals surface area contributed by atoms with E-state index in [1.165, 1.54) is 0 Å². The summed E-state index contributed by atoms with van der Waals surface area (Å²) in [5.74, 6) is 0.944. The molecule has 1 N–H and O–H groups in total. The quantitative estimate of drug-likeness (QED) is 0.731. The summed E-state index contributed by atoms with van der Waals surface area (Å²) >= 11 is 0. The fourth-order valence-corrected chi connectivity index (χ4v) is 2.67. The molecule has 3 aromatic rings. The Morgan fingerprint density at radius 1 is 1.24 bits per heavy atom. The highest BCUT2D eigenvalue weighted by molar-refractivity contribution is 5.98. The van der Waals surface area contributed by atoms with Crippen molar-refractivity contribution in [2.45, 2.75) is 13.8 Å². The van der Waals surface area contributed by atoms with Crippen LogP contribution in [0, 0.1) is 13.8 Å². The van der Waals surface area contributed by atoms with Gasteiger partial charge in [0.1, 0.15) is 5.82 Å². The Bertz CT molecular complexity index is 1010. The molecule has 0 bridgehead atoms. The van der Waals surface area contributed by atoms with Gasteiger partial charge in [0.15, 0.2) is 0 Å². The third-order valence-corrected chi connectivity index (χ3v) is 3.68. The van der Waals surface area contributed by atoms with E-state index < -0.39 is 0 Å². The molecule has 0 amide bonds. The molecule has 0 spiro atoms. The molecule has 4 heteroatoms. The van der Waals surface area contributed by atoms with Crippen LogP contribution in [0.4, 0.5) is 0 Å². The molecule has 0 aliphatic heterocycles. The van der Waals surface area contributed by atoms with Crippen LogP contribution in [-0.4, -0.2) is 14.5 Å². The van der Waals surface area contributed by atoms with Crippen molar-refractivity contribution in [1.82, 2.24) is 14.5 Å². The first kappa shape index (κ1) is 11.9. The van der Waals surface area contributed by atoms with Crippen LogP contribution in [0.5, 0.6) is 0 Å². The molecule has 1 aliphatic rings. The summed E-state index contributed by atoms with van der Waals surface area (Å²) in [4.78, 5) is 18.9. The minimum absolute atomic E-state index is 0.0904. The summed E-state index contributed by atoms with van der Waals surface area (Å²) in [6.45, 7) is 3.96.